The van der Waals surface area contributed by atoms with Crippen molar-refractivity contribution in [2.24, 2.45) is 5.73 Å². The minimum Gasteiger partial charge on any atom is -0.385 e. The van der Waals surface area contributed by atoms with Crippen molar-refractivity contribution in [2.75, 3.05) is 5.73 Å². The summed E-state index contributed by atoms with van der Waals surface area (Å²) in [4.78, 5) is 23.8. The second kappa shape index (κ2) is 3.44. The molecule has 76 valence electrons. The molecule has 0 atom stereocenters. The Morgan fingerprint density at radius 3 is 2.50 bits per heavy atom. The van der Waals surface area contributed by atoms with E-state index >= 15 is 0 Å². The molecule has 1 rings (SSSR count). The number of halogens is 2. The second-order valence-corrected chi connectivity index (χ2v) is 2.54. The summed E-state index contributed by atoms with van der Waals surface area (Å²) in [7, 11) is 0. The highest BCUT2D eigenvalue weighted by Gasteiger charge is 2.21. The van der Waals surface area contributed by atoms with Crippen LogP contribution in [0.25, 0.3) is 0 Å². The SMILES string of the molecule is NC(=O)c1[nH]c(N)cc(=O)c1C(F)F. The molecule has 0 saturated heterocycles. The van der Waals surface area contributed by atoms with Crippen LogP contribution < -0.4 is 16.9 Å². The first-order valence-corrected chi connectivity index (χ1v) is 3.54. The van der Waals surface area contributed by atoms with E-state index in [-0.39, 0.29) is 5.82 Å². The van der Waals surface area contributed by atoms with Crippen LogP contribution in [-0.4, -0.2) is 10.9 Å². The number of aromatic nitrogens is 1. The van der Waals surface area contributed by atoms with E-state index < -0.39 is 29.0 Å². The largest absolute Gasteiger partial charge is 0.385 e. The van der Waals surface area contributed by atoms with Gasteiger partial charge in [-0.3, -0.25) is 9.59 Å². The number of hydrogen-bond donors (Lipinski definition) is 3. The van der Waals surface area contributed by atoms with Crippen LogP contribution in [0.2, 0.25) is 0 Å². The lowest BCUT2D eigenvalue weighted by molar-refractivity contribution is 0.0979. The van der Waals surface area contributed by atoms with Crippen LogP contribution in [0.1, 0.15) is 22.5 Å². The first kappa shape index (κ1) is 10.2. The summed E-state index contributed by atoms with van der Waals surface area (Å²) in [6, 6.07) is 0.772. The van der Waals surface area contributed by atoms with Crippen LogP contribution >= 0.6 is 0 Å². The fourth-order valence-electron chi connectivity index (χ4n) is 1.00. The van der Waals surface area contributed by atoms with E-state index in [2.05, 4.69) is 4.98 Å². The number of carbonyl (C=O) groups excluding carboxylic acids is 1. The van der Waals surface area contributed by atoms with Gasteiger partial charge < -0.3 is 16.5 Å². The summed E-state index contributed by atoms with van der Waals surface area (Å²) in [5.41, 5.74) is 7.34. The van der Waals surface area contributed by atoms with Gasteiger partial charge in [0.25, 0.3) is 12.3 Å². The van der Waals surface area contributed by atoms with Crippen molar-refractivity contribution >= 4 is 11.7 Å². The van der Waals surface area contributed by atoms with E-state index in [9.17, 15) is 18.4 Å². The summed E-state index contributed by atoms with van der Waals surface area (Å²) >= 11 is 0. The van der Waals surface area contributed by atoms with E-state index in [1.807, 2.05) is 0 Å². The van der Waals surface area contributed by atoms with Gasteiger partial charge >= 0.3 is 0 Å². The number of pyridine rings is 1. The summed E-state index contributed by atoms with van der Waals surface area (Å²) in [5, 5.41) is 0. The summed E-state index contributed by atoms with van der Waals surface area (Å²) in [6.45, 7) is 0. The number of nitrogen functional groups attached to an aromatic ring is 1. The van der Waals surface area contributed by atoms with Gasteiger partial charge in [-0.15, -0.1) is 0 Å². The van der Waals surface area contributed by atoms with Crippen LogP contribution in [0.5, 0.6) is 0 Å². The molecule has 0 bridgehead atoms. The Morgan fingerprint density at radius 1 is 1.50 bits per heavy atom. The van der Waals surface area contributed by atoms with Gasteiger partial charge in [0.15, 0.2) is 5.43 Å². The van der Waals surface area contributed by atoms with Crippen LogP contribution in [0.15, 0.2) is 10.9 Å². The summed E-state index contributed by atoms with van der Waals surface area (Å²) in [5.74, 6) is -1.34. The van der Waals surface area contributed by atoms with E-state index in [0.717, 1.165) is 6.07 Å². The quantitative estimate of drug-likeness (QED) is 0.630. The standard InChI is InChI=1S/C7H7F2N3O2/c8-6(9)4-2(13)1-3(10)12-5(4)7(11)14/h1,6H,(H2,11,14)(H3,10,12,13). The molecule has 5 nitrogen and oxygen atoms in total. The molecule has 0 spiro atoms. The molecule has 0 unspecified atom stereocenters. The van der Waals surface area contributed by atoms with Crippen LogP contribution in [0.4, 0.5) is 14.6 Å². The number of anilines is 1. The highest BCUT2D eigenvalue weighted by atomic mass is 19.3. The fraction of sp³-hybridized carbons (Fsp3) is 0.143. The van der Waals surface area contributed by atoms with Gasteiger partial charge in [-0.25, -0.2) is 8.78 Å². The third-order valence-electron chi connectivity index (χ3n) is 1.56. The predicted octanol–water partition coefficient (Wildman–Crippen LogP) is -0.00640. The van der Waals surface area contributed by atoms with Gasteiger partial charge in [0.1, 0.15) is 11.5 Å². The van der Waals surface area contributed by atoms with Crippen molar-refractivity contribution in [3.63, 3.8) is 0 Å². The van der Waals surface area contributed by atoms with Gasteiger partial charge in [-0.05, 0) is 0 Å². The smallest absolute Gasteiger partial charge is 0.269 e. The number of amides is 1. The highest BCUT2D eigenvalue weighted by molar-refractivity contribution is 5.92. The van der Waals surface area contributed by atoms with Gasteiger partial charge in [0.2, 0.25) is 0 Å². The van der Waals surface area contributed by atoms with Crippen molar-refractivity contribution in [3.05, 3.63) is 27.5 Å². The number of H-pyrrole nitrogens is 1. The first-order valence-electron chi connectivity index (χ1n) is 3.54. The molecule has 0 aliphatic carbocycles. The van der Waals surface area contributed by atoms with Crippen LogP contribution in [-0.2, 0) is 0 Å². The number of carbonyl (C=O) groups is 1. The Hall–Kier alpha value is -1.92. The minimum atomic E-state index is -3.07. The number of nitrogens with one attached hydrogen (secondary N) is 1. The normalized spacial score (nSPS) is 10.5. The zero-order valence-corrected chi connectivity index (χ0v) is 6.88. The minimum absolute atomic E-state index is 0.187. The average Bonchev–Trinajstić information content (AvgIpc) is 2.01. The maximum Gasteiger partial charge on any atom is 0.269 e. The Balaban J connectivity index is 3.53. The molecule has 1 aromatic rings. The van der Waals surface area contributed by atoms with Crippen molar-refractivity contribution < 1.29 is 13.6 Å². The molecule has 0 aliphatic rings. The van der Waals surface area contributed by atoms with Gasteiger partial charge in [0, 0.05) is 6.07 Å². The lowest BCUT2D eigenvalue weighted by atomic mass is 10.2. The van der Waals surface area contributed by atoms with Gasteiger partial charge in [-0.2, -0.15) is 0 Å². The molecule has 1 heterocycles. The van der Waals surface area contributed by atoms with Crippen molar-refractivity contribution in [1.82, 2.24) is 4.98 Å². The molecule has 14 heavy (non-hydrogen) atoms. The fourth-order valence-corrected chi connectivity index (χ4v) is 1.00. The average molecular weight is 203 g/mol. The third kappa shape index (κ3) is 1.70. The van der Waals surface area contributed by atoms with E-state index in [1.165, 1.54) is 0 Å². The Bertz CT molecular complexity index is 427. The Morgan fingerprint density at radius 2 is 2.07 bits per heavy atom. The molecule has 7 heteroatoms. The topological polar surface area (TPSA) is 102 Å². The third-order valence-corrected chi connectivity index (χ3v) is 1.56. The van der Waals surface area contributed by atoms with Crippen LogP contribution in [0, 0.1) is 0 Å². The Labute approximate surface area is 76.7 Å². The predicted molar refractivity (Wildman–Crippen MR) is 44.9 cm³/mol. The van der Waals surface area contributed by atoms with E-state index in [0.29, 0.717) is 0 Å². The number of nitrogens with two attached hydrogens (primary N) is 2. The molecular formula is C7H7F2N3O2. The van der Waals surface area contributed by atoms with E-state index in [1.54, 1.807) is 0 Å². The molecule has 0 aliphatic heterocycles. The maximum absolute atomic E-state index is 12.3. The van der Waals surface area contributed by atoms with E-state index in [4.69, 9.17) is 11.5 Å². The van der Waals surface area contributed by atoms with Crippen molar-refractivity contribution in [2.45, 2.75) is 6.43 Å². The molecular weight excluding hydrogens is 196 g/mol. The highest BCUT2D eigenvalue weighted by Crippen LogP contribution is 2.18. The molecule has 1 amide bonds. The molecule has 5 N–H and O–H groups in total. The lowest BCUT2D eigenvalue weighted by Gasteiger charge is -2.05. The van der Waals surface area contributed by atoms with Gasteiger partial charge in [-0.1, -0.05) is 0 Å². The molecule has 0 fully saturated rings. The second-order valence-electron chi connectivity index (χ2n) is 2.54. The van der Waals surface area contributed by atoms with Crippen molar-refractivity contribution in [3.8, 4) is 0 Å². The number of alkyl halides is 2. The first-order chi connectivity index (χ1) is 6.43. The van der Waals surface area contributed by atoms with Gasteiger partial charge in [0.05, 0.1) is 5.56 Å². The molecule has 0 saturated carbocycles. The number of aromatic amines is 1. The zero-order valence-electron chi connectivity index (χ0n) is 6.88. The number of hydrogen-bond acceptors (Lipinski definition) is 3. The monoisotopic (exact) mass is 203 g/mol. The lowest BCUT2D eigenvalue weighted by Crippen LogP contribution is -2.23. The summed E-state index contributed by atoms with van der Waals surface area (Å²) < 4.78 is 24.6. The molecule has 0 radical (unpaired) electrons. The zero-order chi connectivity index (χ0) is 10.9. The molecule has 1 aromatic heterocycles. The molecule has 0 aromatic carbocycles. The maximum atomic E-state index is 12.3. The summed E-state index contributed by atoms with van der Waals surface area (Å²) in [6.07, 6.45) is -3.07. The Kier molecular flexibility index (Phi) is 2.50. The number of primary amides is 1. The van der Waals surface area contributed by atoms with Crippen LogP contribution in [0.3, 0.4) is 0 Å². The van der Waals surface area contributed by atoms with Crippen molar-refractivity contribution in [1.29, 1.82) is 0 Å². The number of rotatable bonds is 2.